The van der Waals surface area contributed by atoms with Crippen LogP contribution in [0.2, 0.25) is 0 Å². The Labute approximate surface area is 107 Å². The van der Waals surface area contributed by atoms with Crippen LogP contribution in [0.25, 0.3) is 0 Å². The third-order valence-electron chi connectivity index (χ3n) is 2.64. The Morgan fingerprint density at radius 3 is 2.76 bits per heavy atom. The topological polar surface area (TPSA) is 24.9 Å². The summed E-state index contributed by atoms with van der Waals surface area (Å²) < 4.78 is 0. The average Bonchev–Trinajstić information content (AvgIpc) is 2.84. The number of nitrogens with zero attached hydrogens (tertiary/aromatic N) is 1. The van der Waals surface area contributed by atoms with Gasteiger partial charge in [0.25, 0.3) is 0 Å². The van der Waals surface area contributed by atoms with E-state index in [2.05, 4.69) is 52.9 Å². The lowest BCUT2D eigenvalue weighted by Crippen LogP contribution is -2.16. The molecule has 1 N–H and O–H groups in total. The zero-order chi connectivity index (χ0) is 11.9. The minimum atomic E-state index is 0.878. The lowest BCUT2D eigenvalue weighted by atomic mass is 10.1. The number of hydrogen-bond acceptors (Lipinski definition) is 3. The third kappa shape index (κ3) is 3.95. The van der Waals surface area contributed by atoms with E-state index in [9.17, 15) is 0 Å². The van der Waals surface area contributed by atoms with Crippen LogP contribution in [0.15, 0.2) is 35.7 Å². The lowest BCUT2D eigenvalue weighted by molar-refractivity contribution is 0.676. The molecule has 90 valence electrons. The van der Waals surface area contributed by atoms with E-state index < -0.39 is 0 Å². The molecular weight excluding hydrogens is 228 g/mol. The molecule has 0 bridgehead atoms. The molecule has 2 nitrogen and oxygen atoms in total. The molecule has 0 aliphatic rings. The van der Waals surface area contributed by atoms with Gasteiger partial charge in [-0.3, -0.25) is 0 Å². The molecule has 2 aromatic rings. The van der Waals surface area contributed by atoms with Gasteiger partial charge >= 0.3 is 0 Å². The molecule has 1 aromatic heterocycles. The molecule has 1 aromatic carbocycles. The van der Waals surface area contributed by atoms with E-state index >= 15 is 0 Å². The zero-order valence-electron chi connectivity index (χ0n) is 10.1. The van der Waals surface area contributed by atoms with Crippen LogP contribution >= 0.6 is 11.3 Å². The van der Waals surface area contributed by atoms with Gasteiger partial charge in [-0.05, 0) is 24.9 Å². The molecule has 0 aliphatic carbocycles. The summed E-state index contributed by atoms with van der Waals surface area (Å²) in [6.45, 7) is 4.03. The van der Waals surface area contributed by atoms with E-state index in [1.165, 1.54) is 16.3 Å². The quantitative estimate of drug-likeness (QED) is 0.792. The smallest absolute Gasteiger partial charge is 0.0926 e. The summed E-state index contributed by atoms with van der Waals surface area (Å²) in [6, 6.07) is 10.6. The summed E-state index contributed by atoms with van der Waals surface area (Å²) in [4.78, 5) is 4.53. The Morgan fingerprint density at radius 1 is 1.24 bits per heavy atom. The molecule has 17 heavy (non-hydrogen) atoms. The van der Waals surface area contributed by atoms with Crippen LogP contribution < -0.4 is 5.32 Å². The van der Waals surface area contributed by atoms with Crippen molar-refractivity contribution in [2.45, 2.75) is 26.3 Å². The monoisotopic (exact) mass is 246 g/mol. The first kappa shape index (κ1) is 12.3. The van der Waals surface area contributed by atoms with Gasteiger partial charge in [0, 0.05) is 11.9 Å². The minimum absolute atomic E-state index is 0.878. The molecule has 0 saturated heterocycles. The number of benzene rings is 1. The van der Waals surface area contributed by atoms with Gasteiger partial charge in [0.1, 0.15) is 0 Å². The second kappa shape index (κ2) is 6.52. The molecular formula is C14H18N2S. The maximum Gasteiger partial charge on any atom is 0.0926 e. The SMILES string of the molecule is CCc1nc(CNCCc2ccccc2)cs1. The van der Waals surface area contributed by atoms with Crippen molar-refractivity contribution in [3.8, 4) is 0 Å². The Balaban J connectivity index is 1.69. The molecule has 3 heteroatoms. The third-order valence-corrected chi connectivity index (χ3v) is 3.68. The van der Waals surface area contributed by atoms with Crippen molar-refractivity contribution in [3.05, 3.63) is 52.0 Å². The Bertz CT molecular complexity index is 436. The van der Waals surface area contributed by atoms with Gasteiger partial charge in [-0.2, -0.15) is 0 Å². The molecule has 0 spiro atoms. The van der Waals surface area contributed by atoms with Crippen LogP contribution in [0.1, 0.15) is 23.2 Å². The van der Waals surface area contributed by atoms with Crippen LogP contribution in [0.5, 0.6) is 0 Å². The number of aromatic nitrogens is 1. The van der Waals surface area contributed by atoms with Crippen LogP contribution in [-0.4, -0.2) is 11.5 Å². The van der Waals surface area contributed by atoms with Gasteiger partial charge in [0.05, 0.1) is 10.7 Å². The molecule has 0 amide bonds. The summed E-state index contributed by atoms with van der Waals surface area (Å²) >= 11 is 1.75. The predicted octanol–water partition coefficient (Wildman–Crippen LogP) is 3.04. The molecule has 1 heterocycles. The fraction of sp³-hybridized carbons (Fsp3) is 0.357. The Morgan fingerprint density at radius 2 is 2.06 bits per heavy atom. The van der Waals surface area contributed by atoms with E-state index in [1.54, 1.807) is 11.3 Å². The maximum absolute atomic E-state index is 4.53. The number of aryl methyl sites for hydroxylation is 1. The van der Waals surface area contributed by atoms with Crippen LogP contribution in [0.4, 0.5) is 0 Å². The first-order valence-corrected chi connectivity index (χ1v) is 6.94. The molecule has 0 aliphatic heterocycles. The summed E-state index contributed by atoms with van der Waals surface area (Å²) in [5.41, 5.74) is 2.55. The zero-order valence-corrected chi connectivity index (χ0v) is 11.0. The van der Waals surface area contributed by atoms with E-state index in [4.69, 9.17) is 0 Å². The van der Waals surface area contributed by atoms with Crippen molar-refractivity contribution in [2.24, 2.45) is 0 Å². The minimum Gasteiger partial charge on any atom is -0.311 e. The van der Waals surface area contributed by atoms with Gasteiger partial charge in [-0.1, -0.05) is 37.3 Å². The molecule has 2 rings (SSSR count). The normalized spacial score (nSPS) is 10.6. The van der Waals surface area contributed by atoms with Gasteiger partial charge in [-0.15, -0.1) is 11.3 Å². The van der Waals surface area contributed by atoms with Gasteiger partial charge < -0.3 is 5.32 Å². The van der Waals surface area contributed by atoms with E-state index in [0.29, 0.717) is 0 Å². The summed E-state index contributed by atoms with van der Waals surface area (Å²) in [5, 5.41) is 6.81. The van der Waals surface area contributed by atoms with Gasteiger partial charge in [0.15, 0.2) is 0 Å². The second-order valence-corrected chi connectivity index (χ2v) is 4.94. The van der Waals surface area contributed by atoms with Gasteiger partial charge in [0.2, 0.25) is 0 Å². The average molecular weight is 246 g/mol. The standard InChI is InChI=1S/C14H18N2S/c1-2-14-16-13(11-17-14)10-15-9-8-12-6-4-3-5-7-12/h3-7,11,15H,2,8-10H2,1H3. The number of hydrogen-bond donors (Lipinski definition) is 1. The fourth-order valence-electron chi connectivity index (χ4n) is 1.69. The first-order valence-electron chi connectivity index (χ1n) is 6.06. The number of rotatable bonds is 6. The van der Waals surface area contributed by atoms with Crippen molar-refractivity contribution in [1.29, 1.82) is 0 Å². The molecule has 0 saturated carbocycles. The predicted molar refractivity (Wildman–Crippen MR) is 73.3 cm³/mol. The summed E-state index contributed by atoms with van der Waals surface area (Å²) in [7, 11) is 0. The number of thiazole rings is 1. The highest BCUT2D eigenvalue weighted by Crippen LogP contribution is 2.09. The van der Waals surface area contributed by atoms with Crippen molar-refractivity contribution >= 4 is 11.3 Å². The first-order chi connectivity index (χ1) is 8.38. The van der Waals surface area contributed by atoms with Crippen molar-refractivity contribution in [1.82, 2.24) is 10.3 Å². The lowest BCUT2D eigenvalue weighted by Gasteiger charge is -2.02. The van der Waals surface area contributed by atoms with Gasteiger partial charge in [-0.25, -0.2) is 4.98 Å². The van der Waals surface area contributed by atoms with Crippen LogP contribution in [-0.2, 0) is 19.4 Å². The van der Waals surface area contributed by atoms with E-state index in [-0.39, 0.29) is 0 Å². The molecule has 0 atom stereocenters. The maximum atomic E-state index is 4.53. The second-order valence-electron chi connectivity index (χ2n) is 4.00. The Hall–Kier alpha value is -1.19. The van der Waals surface area contributed by atoms with Crippen LogP contribution in [0.3, 0.4) is 0 Å². The fourth-order valence-corrected chi connectivity index (χ4v) is 2.43. The highest BCUT2D eigenvalue weighted by atomic mass is 32.1. The Kier molecular flexibility index (Phi) is 4.71. The largest absolute Gasteiger partial charge is 0.311 e. The molecule has 0 fully saturated rings. The van der Waals surface area contributed by atoms with Crippen molar-refractivity contribution in [2.75, 3.05) is 6.54 Å². The van der Waals surface area contributed by atoms with Crippen molar-refractivity contribution < 1.29 is 0 Å². The van der Waals surface area contributed by atoms with E-state index in [0.717, 1.165) is 25.9 Å². The number of nitrogens with one attached hydrogen (secondary N) is 1. The molecule has 0 radical (unpaired) electrons. The van der Waals surface area contributed by atoms with Crippen LogP contribution in [0, 0.1) is 0 Å². The van der Waals surface area contributed by atoms with E-state index in [1.807, 2.05) is 0 Å². The summed E-state index contributed by atoms with van der Waals surface area (Å²) in [6.07, 6.45) is 2.11. The van der Waals surface area contributed by atoms with Crippen molar-refractivity contribution in [3.63, 3.8) is 0 Å². The summed E-state index contributed by atoms with van der Waals surface area (Å²) in [5.74, 6) is 0. The molecule has 0 unspecified atom stereocenters. The highest BCUT2D eigenvalue weighted by molar-refractivity contribution is 7.09. The highest BCUT2D eigenvalue weighted by Gasteiger charge is 1.99.